The van der Waals surface area contributed by atoms with E-state index in [1.165, 1.54) is 11.8 Å². The van der Waals surface area contributed by atoms with Crippen LogP contribution in [0, 0.1) is 0 Å². The van der Waals surface area contributed by atoms with Crippen LogP contribution in [0.15, 0.2) is 41.7 Å². The van der Waals surface area contributed by atoms with E-state index >= 15 is 0 Å². The Hall–Kier alpha value is -2.05. The maximum absolute atomic E-state index is 12.3. The number of hydrogen-bond donors (Lipinski definition) is 2. The lowest BCUT2D eigenvalue weighted by molar-refractivity contribution is -0.113. The van der Waals surface area contributed by atoms with Gasteiger partial charge in [0, 0.05) is 11.9 Å². The van der Waals surface area contributed by atoms with Gasteiger partial charge in [-0.1, -0.05) is 55.4 Å². The van der Waals surface area contributed by atoms with Gasteiger partial charge in [0.2, 0.25) is 5.91 Å². The van der Waals surface area contributed by atoms with Crippen molar-refractivity contribution in [3.8, 4) is 0 Å². The van der Waals surface area contributed by atoms with Crippen molar-refractivity contribution in [1.29, 1.82) is 0 Å². The Morgan fingerprint density at radius 1 is 1.40 bits per heavy atom. The van der Waals surface area contributed by atoms with Crippen LogP contribution in [0.1, 0.15) is 31.7 Å². The fourth-order valence-corrected chi connectivity index (χ4v) is 3.33. The van der Waals surface area contributed by atoms with Crippen molar-refractivity contribution < 1.29 is 4.79 Å². The Labute approximate surface area is 155 Å². The Morgan fingerprint density at radius 2 is 2.20 bits per heavy atom. The SMILES string of the molecule is CCC(C)c1ccccc1NC(=O)CSc1nc2ncc(Cl)cc2[nH]1. The highest BCUT2D eigenvalue weighted by Crippen LogP contribution is 2.27. The number of H-pyrrole nitrogens is 1. The molecule has 3 rings (SSSR count). The van der Waals surface area contributed by atoms with Crippen molar-refractivity contribution in [1.82, 2.24) is 15.0 Å². The van der Waals surface area contributed by atoms with Gasteiger partial charge in [-0.05, 0) is 30.0 Å². The summed E-state index contributed by atoms with van der Waals surface area (Å²) in [4.78, 5) is 23.9. The third-order valence-corrected chi connectivity index (χ3v) is 5.08. The third kappa shape index (κ3) is 4.32. The number of anilines is 1. The van der Waals surface area contributed by atoms with Crippen molar-refractivity contribution in [2.45, 2.75) is 31.3 Å². The topological polar surface area (TPSA) is 70.7 Å². The molecule has 0 saturated carbocycles. The van der Waals surface area contributed by atoms with Crippen LogP contribution in [-0.4, -0.2) is 26.6 Å². The van der Waals surface area contributed by atoms with Gasteiger partial charge >= 0.3 is 0 Å². The first kappa shape index (κ1) is 17.8. The molecule has 1 unspecified atom stereocenters. The number of benzene rings is 1. The molecule has 2 N–H and O–H groups in total. The summed E-state index contributed by atoms with van der Waals surface area (Å²) in [6, 6.07) is 9.70. The maximum Gasteiger partial charge on any atom is 0.234 e. The van der Waals surface area contributed by atoms with E-state index in [2.05, 4.69) is 40.2 Å². The van der Waals surface area contributed by atoms with Gasteiger partial charge in [0.25, 0.3) is 0 Å². The lowest BCUT2D eigenvalue weighted by Crippen LogP contribution is -2.15. The predicted molar refractivity (Wildman–Crippen MR) is 103 cm³/mol. The number of amides is 1. The molecule has 2 heterocycles. The Bertz CT molecular complexity index is 896. The summed E-state index contributed by atoms with van der Waals surface area (Å²) in [7, 11) is 0. The van der Waals surface area contributed by atoms with Crippen molar-refractivity contribution in [3.05, 3.63) is 47.1 Å². The van der Waals surface area contributed by atoms with Crippen LogP contribution in [0.5, 0.6) is 0 Å². The number of fused-ring (bicyclic) bond motifs is 1. The highest BCUT2D eigenvalue weighted by atomic mass is 35.5. The molecule has 0 saturated heterocycles. The number of thioether (sulfide) groups is 1. The molecule has 130 valence electrons. The zero-order valence-corrected chi connectivity index (χ0v) is 15.6. The summed E-state index contributed by atoms with van der Waals surface area (Å²) < 4.78 is 0. The molecule has 1 amide bonds. The minimum Gasteiger partial charge on any atom is -0.331 e. The van der Waals surface area contributed by atoms with Crippen LogP contribution in [0.3, 0.4) is 0 Å². The molecular formula is C18H19ClN4OS. The molecule has 2 aromatic heterocycles. The van der Waals surface area contributed by atoms with Gasteiger partial charge in [0.15, 0.2) is 10.8 Å². The minimum atomic E-state index is -0.0628. The van der Waals surface area contributed by atoms with E-state index < -0.39 is 0 Å². The third-order valence-electron chi connectivity index (χ3n) is 4.00. The van der Waals surface area contributed by atoms with E-state index in [4.69, 9.17) is 11.6 Å². The predicted octanol–water partition coefficient (Wildman–Crippen LogP) is 4.86. The molecule has 0 aliphatic rings. The number of carbonyl (C=O) groups is 1. The van der Waals surface area contributed by atoms with Crippen molar-refractivity contribution in [2.24, 2.45) is 0 Å². The first-order valence-corrected chi connectivity index (χ1v) is 9.46. The number of aromatic amines is 1. The van der Waals surface area contributed by atoms with Crippen LogP contribution < -0.4 is 5.32 Å². The van der Waals surface area contributed by atoms with Crippen LogP contribution in [0.2, 0.25) is 5.02 Å². The van der Waals surface area contributed by atoms with Crippen LogP contribution >= 0.6 is 23.4 Å². The van der Waals surface area contributed by atoms with E-state index in [1.807, 2.05) is 18.2 Å². The summed E-state index contributed by atoms with van der Waals surface area (Å²) >= 11 is 7.25. The minimum absolute atomic E-state index is 0.0628. The zero-order valence-electron chi connectivity index (χ0n) is 14.0. The zero-order chi connectivity index (χ0) is 17.8. The lowest BCUT2D eigenvalue weighted by atomic mass is 9.97. The molecule has 0 aliphatic heterocycles. The number of rotatable bonds is 6. The van der Waals surface area contributed by atoms with E-state index in [0.717, 1.165) is 23.2 Å². The van der Waals surface area contributed by atoms with Crippen molar-refractivity contribution >= 4 is 46.1 Å². The smallest absolute Gasteiger partial charge is 0.234 e. The average Bonchev–Trinajstić information content (AvgIpc) is 3.02. The number of para-hydroxylation sites is 1. The summed E-state index contributed by atoms with van der Waals surface area (Å²) in [6.45, 7) is 4.30. The molecule has 7 heteroatoms. The maximum atomic E-state index is 12.3. The second-order valence-corrected chi connectivity index (χ2v) is 7.20. The average molecular weight is 375 g/mol. The number of carbonyl (C=O) groups excluding carboxylic acids is 1. The standard InChI is InChI=1S/C18H19ClN4OS/c1-3-11(2)13-6-4-5-7-14(13)21-16(24)10-25-18-22-15-8-12(19)9-20-17(15)23-18/h4-9,11H,3,10H2,1-2H3,(H,21,24)(H,20,22,23). The van der Waals surface area contributed by atoms with Gasteiger partial charge in [0.1, 0.15) is 0 Å². The van der Waals surface area contributed by atoms with Gasteiger partial charge in [-0.3, -0.25) is 4.79 Å². The van der Waals surface area contributed by atoms with Crippen molar-refractivity contribution in [2.75, 3.05) is 11.1 Å². The molecule has 25 heavy (non-hydrogen) atoms. The number of aromatic nitrogens is 3. The first-order chi connectivity index (χ1) is 12.1. The Morgan fingerprint density at radius 3 is 3.00 bits per heavy atom. The second-order valence-electron chi connectivity index (χ2n) is 5.80. The quantitative estimate of drug-likeness (QED) is 0.604. The number of nitrogens with zero attached hydrogens (tertiary/aromatic N) is 2. The van der Waals surface area contributed by atoms with Gasteiger partial charge in [-0.15, -0.1) is 0 Å². The molecule has 1 aromatic carbocycles. The van der Waals surface area contributed by atoms with E-state index in [-0.39, 0.29) is 11.7 Å². The summed E-state index contributed by atoms with van der Waals surface area (Å²) in [5, 5.41) is 4.20. The largest absolute Gasteiger partial charge is 0.331 e. The van der Waals surface area contributed by atoms with E-state index in [1.54, 1.807) is 12.3 Å². The molecule has 3 aromatic rings. The molecule has 0 radical (unpaired) electrons. The molecule has 0 aliphatic carbocycles. The van der Waals surface area contributed by atoms with E-state index in [9.17, 15) is 4.79 Å². The number of imidazole rings is 1. The monoisotopic (exact) mass is 374 g/mol. The highest BCUT2D eigenvalue weighted by Gasteiger charge is 2.12. The van der Waals surface area contributed by atoms with Gasteiger partial charge in [-0.2, -0.15) is 0 Å². The summed E-state index contributed by atoms with van der Waals surface area (Å²) in [5.74, 6) is 0.602. The number of hydrogen-bond acceptors (Lipinski definition) is 4. The molecular weight excluding hydrogens is 356 g/mol. The molecule has 0 bridgehead atoms. The van der Waals surface area contributed by atoms with Crippen LogP contribution in [0.4, 0.5) is 5.69 Å². The lowest BCUT2D eigenvalue weighted by Gasteiger charge is -2.15. The second kappa shape index (κ2) is 7.89. The summed E-state index contributed by atoms with van der Waals surface area (Å²) in [5.41, 5.74) is 3.39. The van der Waals surface area contributed by atoms with Gasteiger partial charge in [-0.25, -0.2) is 9.97 Å². The van der Waals surface area contributed by atoms with Crippen LogP contribution in [0.25, 0.3) is 11.2 Å². The first-order valence-electron chi connectivity index (χ1n) is 8.09. The van der Waals surface area contributed by atoms with Gasteiger partial charge < -0.3 is 10.3 Å². The molecule has 5 nitrogen and oxygen atoms in total. The van der Waals surface area contributed by atoms with E-state index in [0.29, 0.717) is 21.7 Å². The van der Waals surface area contributed by atoms with Crippen molar-refractivity contribution in [3.63, 3.8) is 0 Å². The number of pyridine rings is 1. The van der Waals surface area contributed by atoms with Gasteiger partial charge in [0.05, 0.1) is 16.3 Å². The fraction of sp³-hybridized carbons (Fsp3) is 0.278. The molecule has 1 atom stereocenters. The highest BCUT2D eigenvalue weighted by molar-refractivity contribution is 7.99. The Balaban J connectivity index is 1.65. The normalized spacial score (nSPS) is 12.3. The Kier molecular flexibility index (Phi) is 5.60. The number of halogens is 1. The van der Waals surface area contributed by atoms with Crippen LogP contribution in [-0.2, 0) is 4.79 Å². The fourth-order valence-electron chi connectivity index (χ4n) is 2.50. The molecule has 0 fully saturated rings. The summed E-state index contributed by atoms with van der Waals surface area (Å²) in [6.07, 6.45) is 2.58. The molecule has 0 spiro atoms. The number of nitrogens with one attached hydrogen (secondary N) is 2.